The Morgan fingerprint density at radius 2 is 1.74 bits per heavy atom. The van der Waals surface area contributed by atoms with E-state index in [1.807, 2.05) is 61.5 Å². The summed E-state index contributed by atoms with van der Waals surface area (Å²) >= 11 is 5.65. The molecule has 1 N–H and O–H groups in total. The van der Waals surface area contributed by atoms with Gasteiger partial charge < -0.3 is 9.84 Å². The third kappa shape index (κ3) is 4.33. The fraction of sp³-hybridized carbons (Fsp3) is 0.148. The maximum Gasteiger partial charge on any atom is 0.258 e. The number of aromatic nitrogens is 2. The molecule has 3 aromatic carbocycles. The zero-order chi connectivity index (χ0) is 24.5. The SMILES string of the molecule is CCc1ccc(-c2noc(C3=C(C)N(c4ccc(F)c(F)c4)C(=S)NC3c3ccccc3)n2)cc1. The third-order valence-electron chi connectivity index (χ3n) is 6.06. The Hall–Kier alpha value is -3.91. The van der Waals surface area contributed by atoms with Crippen LogP contribution in [0.25, 0.3) is 17.0 Å². The molecule has 1 aliphatic rings. The van der Waals surface area contributed by atoms with Crippen LogP contribution in [-0.4, -0.2) is 15.3 Å². The van der Waals surface area contributed by atoms with Gasteiger partial charge in [-0.2, -0.15) is 4.98 Å². The van der Waals surface area contributed by atoms with Gasteiger partial charge in [-0.15, -0.1) is 0 Å². The van der Waals surface area contributed by atoms with Gasteiger partial charge >= 0.3 is 0 Å². The number of halogens is 2. The van der Waals surface area contributed by atoms with Gasteiger partial charge in [0, 0.05) is 17.3 Å². The lowest BCUT2D eigenvalue weighted by Crippen LogP contribution is -2.46. The highest BCUT2D eigenvalue weighted by atomic mass is 32.1. The first-order chi connectivity index (χ1) is 17.0. The van der Waals surface area contributed by atoms with E-state index < -0.39 is 11.6 Å². The molecule has 1 aromatic heterocycles. The van der Waals surface area contributed by atoms with Crippen molar-refractivity contribution < 1.29 is 13.3 Å². The first kappa shape index (κ1) is 22.9. The summed E-state index contributed by atoms with van der Waals surface area (Å²) in [7, 11) is 0. The molecule has 0 saturated carbocycles. The molecule has 5 rings (SSSR count). The molecule has 35 heavy (non-hydrogen) atoms. The van der Waals surface area contributed by atoms with Crippen LogP contribution in [0, 0.1) is 11.6 Å². The molecular formula is C27H22F2N4OS. The van der Waals surface area contributed by atoms with Crippen LogP contribution in [0.3, 0.4) is 0 Å². The average molecular weight is 489 g/mol. The Bertz CT molecular complexity index is 1420. The van der Waals surface area contributed by atoms with E-state index >= 15 is 0 Å². The lowest BCUT2D eigenvalue weighted by atomic mass is 9.94. The van der Waals surface area contributed by atoms with Crippen molar-refractivity contribution in [3.8, 4) is 11.4 Å². The van der Waals surface area contributed by atoms with E-state index in [2.05, 4.69) is 17.4 Å². The van der Waals surface area contributed by atoms with Crippen LogP contribution in [0.1, 0.15) is 36.9 Å². The van der Waals surface area contributed by atoms with E-state index in [0.29, 0.717) is 33.8 Å². The quantitative estimate of drug-likeness (QED) is 0.326. The van der Waals surface area contributed by atoms with Crippen molar-refractivity contribution in [2.75, 3.05) is 4.90 Å². The fourth-order valence-corrected chi connectivity index (χ4v) is 4.55. The standard InChI is InChI=1S/C27H22F2N4OS/c1-3-17-9-11-19(12-10-17)25-31-26(34-32-25)23-16(2)33(20-13-14-21(28)22(29)15-20)27(35)30-24(23)18-7-5-4-6-8-18/h4-15,24H,3H2,1-2H3,(H,30,35). The van der Waals surface area contributed by atoms with Crippen LogP contribution in [0.5, 0.6) is 0 Å². The Labute approximate surface area is 207 Å². The maximum absolute atomic E-state index is 14.1. The highest BCUT2D eigenvalue weighted by Crippen LogP contribution is 2.39. The normalized spacial score (nSPS) is 15.9. The Kier molecular flexibility index (Phi) is 6.13. The molecule has 0 spiro atoms. The number of nitrogens with zero attached hydrogens (tertiary/aromatic N) is 3. The predicted molar refractivity (Wildman–Crippen MR) is 135 cm³/mol. The van der Waals surface area contributed by atoms with E-state index in [4.69, 9.17) is 21.7 Å². The monoisotopic (exact) mass is 488 g/mol. The summed E-state index contributed by atoms with van der Waals surface area (Å²) in [5, 5.41) is 7.88. The molecule has 176 valence electrons. The van der Waals surface area contributed by atoms with Gasteiger partial charge in [0.2, 0.25) is 5.82 Å². The topological polar surface area (TPSA) is 54.2 Å². The van der Waals surface area contributed by atoms with Crippen molar-refractivity contribution in [3.05, 3.63) is 107 Å². The second kappa shape index (κ2) is 9.38. The molecule has 2 heterocycles. The average Bonchev–Trinajstić information content (AvgIpc) is 3.36. The Balaban J connectivity index is 1.63. The first-order valence-electron chi connectivity index (χ1n) is 11.2. The molecule has 0 aliphatic carbocycles. The number of hydrogen-bond acceptors (Lipinski definition) is 4. The number of nitrogens with one attached hydrogen (secondary N) is 1. The predicted octanol–water partition coefficient (Wildman–Crippen LogP) is 6.44. The lowest BCUT2D eigenvalue weighted by Gasteiger charge is -2.37. The molecule has 1 aliphatic heterocycles. The van der Waals surface area contributed by atoms with Crippen LogP contribution in [-0.2, 0) is 6.42 Å². The maximum atomic E-state index is 14.1. The molecule has 0 radical (unpaired) electrons. The number of allylic oxidation sites excluding steroid dienone is 1. The number of anilines is 1. The minimum Gasteiger partial charge on any atom is -0.351 e. The van der Waals surface area contributed by atoms with Gasteiger partial charge in [-0.3, -0.25) is 4.90 Å². The second-order valence-electron chi connectivity index (χ2n) is 8.20. The van der Waals surface area contributed by atoms with Crippen LogP contribution < -0.4 is 10.2 Å². The molecular weight excluding hydrogens is 466 g/mol. The highest BCUT2D eigenvalue weighted by Gasteiger charge is 2.35. The zero-order valence-electron chi connectivity index (χ0n) is 19.1. The molecule has 8 heteroatoms. The minimum absolute atomic E-state index is 0.313. The van der Waals surface area contributed by atoms with Gasteiger partial charge in [-0.25, -0.2) is 8.78 Å². The summed E-state index contributed by atoms with van der Waals surface area (Å²) < 4.78 is 33.4. The molecule has 1 atom stereocenters. The number of hydrogen-bond donors (Lipinski definition) is 1. The van der Waals surface area contributed by atoms with E-state index in [1.165, 1.54) is 11.6 Å². The smallest absolute Gasteiger partial charge is 0.258 e. The molecule has 1 unspecified atom stereocenters. The van der Waals surface area contributed by atoms with Gasteiger partial charge in [-0.05, 0) is 48.8 Å². The highest BCUT2D eigenvalue weighted by molar-refractivity contribution is 7.80. The molecule has 0 saturated heterocycles. The number of benzene rings is 3. The van der Waals surface area contributed by atoms with Crippen molar-refractivity contribution >= 4 is 28.6 Å². The first-order valence-corrected chi connectivity index (χ1v) is 11.6. The zero-order valence-corrected chi connectivity index (χ0v) is 19.9. The molecule has 0 amide bonds. The van der Waals surface area contributed by atoms with Gasteiger partial charge in [0.15, 0.2) is 16.7 Å². The van der Waals surface area contributed by atoms with Gasteiger partial charge in [0.25, 0.3) is 5.89 Å². The second-order valence-corrected chi connectivity index (χ2v) is 8.59. The van der Waals surface area contributed by atoms with Gasteiger partial charge in [-0.1, -0.05) is 66.7 Å². The van der Waals surface area contributed by atoms with E-state index in [1.54, 1.807) is 4.90 Å². The van der Waals surface area contributed by atoms with Crippen LogP contribution in [0.4, 0.5) is 14.5 Å². The lowest BCUT2D eigenvalue weighted by molar-refractivity contribution is 0.404. The third-order valence-corrected chi connectivity index (χ3v) is 6.36. The van der Waals surface area contributed by atoms with Crippen molar-refractivity contribution in [3.63, 3.8) is 0 Å². The Morgan fingerprint density at radius 3 is 2.43 bits per heavy atom. The molecule has 4 aromatic rings. The van der Waals surface area contributed by atoms with Crippen LogP contribution in [0.15, 0.2) is 83.0 Å². The summed E-state index contributed by atoms with van der Waals surface area (Å²) in [6.45, 7) is 3.94. The van der Waals surface area contributed by atoms with Gasteiger partial charge in [0.05, 0.1) is 17.3 Å². The largest absolute Gasteiger partial charge is 0.351 e. The number of thiocarbonyl (C=S) groups is 1. The van der Waals surface area contributed by atoms with Crippen LogP contribution >= 0.6 is 12.2 Å². The van der Waals surface area contributed by atoms with Crippen molar-refractivity contribution in [1.29, 1.82) is 0 Å². The molecule has 0 fully saturated rings. The van der Waals surface area contributed by atoms with Crippen LogP contribution in [0.2, 0.25) is 0 Å². The van der Waals surface area contributed by atoms with Crippen molar-refractivity contribution in [1.82, 2.24) is 15.5 Å². The van der Waals surface area contributed by atoms with Crippen molar-refractivity contribution in [2.24, 2.45) is 0 Å². The molecule has 5 nitrogen and oxygen atoms in total. The number of rotatable bonds is 5. The van der Waals surface area contributed by atoms with E-state index in [-0.39, 0.29) is 6.04 Å². The summed E-state index contributed by atoms with van der Waals surface area (Å²) in [5.74, 6) is -1.11. The van der Waals surface area contributed by atoms with Gasteiger partial charge in [0.1, 0.15) is 0 Å². The van der Waals surface area contributed by atoms with E-state index in [9.17, 15) is 8.78 Å². The summed E-state index contributed by atoms with van der Waals surface area (Å²) in [5.41, 5.74) is 4.75. The Morgan fingerprint density at radius 1 is 1.00 bits per heavy atom. The van der Waals surface area contributed by atoms with E-state index in [0.717, 1.165) is 29.7 Å². The minimum atomic E-state index is -0.958. The fourth-order valence-electron chi connectivity index (χ4n) is 4.19. The summed E-state index contributed by atoms with van der Waals surface area (Å²) in [4.78, 5) is 6.34. The molecule has 0 bridgehead atoms. The van der Waals surface area contributed by atoms with Crippen molar-refractivity contribution in [2.45, 2.75) is 26.3 Å². The summed E-state index contributed by atoms with van der Waals surface area (Å²) in [6.07, 6.45) is 0.938. The summed E-state index contributed by atoms with van der Waals surface area (Å²) in [6, 6.07) is 21.0. The number of aryl methyl sites for hydroxylation is 1.